The maximum absolute atomic E-state index is 13.6. The van der Waals surface area contributed by atoms with Gasteiger partial charge < -0.3 is 20.1 Å². The lowest BCUT2D eigenvalue weighted by atomic mass is 9.85. The molecule has 4 heterocycles. The van der Waals surface area contributed by atoms with Crippen LogP contribution in [0.15, 0.2) is 41.2 Å². The predicted octanol–water partition coefficient (Wildman–Crippen LogP) is 2.89. The molecule has 2 N–H and O–H groups in total. The number of benzene rings is 1. The average molecular weight is 466 g/mol. The van der Waals surface area contributed by atoms with E-state index in [1.807, 2.05) is 54.8 Å². The largest absolute Gasteiger partial charge is 0.351 e. The number of piperazine rings is 1. The summed E-state index contributed by atoms with van der Waals surface area (Å²) in [6.45, 7) is 6.84. The van der Waals surface area contributed by atoms with Crippen LogP contribution >= 0.6 is 11.3 Å². The smallest absolute Gasteiger partial charge is 0.273 e. The van der Waals surface area contributed by atoms with E-state index in [9.17, 15) is 14.4 Å². The van der Waals surface area contributed by atoms with Gasteiger partial charge >= 0.3 is 0 Å². The summed E-state index contributed by atoms with van der Waals surface area (Å²) < 4.78 is 0. The van der Waals surface area contributed by atoms with Crippen molar-refractivity contribution < 1.29 is 14.4 Å². The van der Waals surface area contributed by atoms with E-state index >= 15 is 0 Å². The Morgan fingerprint density at radius 3 is 2.52 bits per heavy atom. The standard InChI is InChI=1S/C24H27N5O3S/c1-24(2,3)20(27-21(30)18-8-14-6-4-5-7-17(14)26-18)23(32)29-11-15-9-16(29)10-28(15)22(31)19-12-33-13-25-19/h4-8,12-13,15-16,20,26H,9-11H2,1-3H3,(H,27,30)/t15-,16-,20+/m0/s1. The van der Waals surface area contributed by atoms with Gasteiger partial charge in [0.05, 0.1) is 17.6 Å². The summed E-state index contributed by atoms with van der Waals surface area (Å²) in [6, 6.07) is 8.75. The number of aromatic nitrogens is 2. The second kappa shape index (κ2) is 7.98. The quantitative estimate of drug-likeness (QED) is 0.619. The van der Waals surface area contributed by atoms with Crippen molar-refractivity contribution in [3.8, 4) is 0 Å². The minimum atomic E-state index is -0.682. The van der Waals surface area contributed by atoms with Crippen LogP contribution in [0.5, 0.6) is 0 Å². The minimum Gasteiger partial charge on any atom is -0.351 e. The summed E-state index contributed by atoms with van der Waals surface area (Å²) in [6.07, 6.45) is 0.758. The van der Waals surface area contributed by atoms with E-state index in [4.69, 9.17) is 0 Å². The molecule has 1 aromatic carbocycles. The summed E-state index contributed by atoms with van der Waals surface area (Å²) in [4.78, 5) is 50.4. The zero-order chi connectivity index (χ0) is 23.3. The molecule has 0 saturated carbocycles. The van der Waals surface area contributed by atoms with Crippen molar-refractivity contribution >= 4 is 40.0 Å². The molecular weight excluding hydrogens is 438 g/mol. The number of carbonyl (C=O) groups excluding carboxylic acids is 3. The maximum Gasteiger partial charge on any atom is 0.273 e. The van der Waals surface area contributed by atoms with Crippen molar-refractivity contribution in [1.29, 1.82) is 0 Å². The van der Waals surface area contributed by atoms with Crippen LogP contribution in [0.4, 0.5) is 0 Å². The number of para-hydroxylation sites is 1. The highest BCUT2D eigenvalue weighted by atomic mass is 32.1. The van der Waals surface area contributed by atoms with E-state index in [1.165, 1.54) is 11.3 Å². The number of hydrogen-bond acceptors (Lipinski definition) is 5. The first kappa shape index (κ1) is 21.6. The molecule has 0 spiro atoms. The van der Waals surface area contributed by atoms with E-state index in [0.29, 0.717) is 24.5 Å². The lowest BCUT2D eigenvalue weighted by Gasteiger charge is -2.39. The van der Waals surface area contributed by atoms with Crippen LogP contribution < -0.4 is 5.32 Å². The van der Waals surface area contributed by atoms with Crippen LogP contribution in [0.1, 0.15) is 48.2 Å². The molecule has 33 heavy (non-hydrogen) atoms. The number of rotatable bonds is 4. The summed E-state index contributed by atoms with van der Waals surface area (Å²) in [5.74, 6) is -0.472. The van der Waals surface area contributed by atoms with Gasteiger partial charge in [0.25, 0.3) is 11.8 Å². The van der Waals surface area contributed by atoms with Gasteiger partial charge in [-0.1, -0.05) is 39.0 Å². The van der Waals surface area contributed by atoms with Crippen molar-refractivity contribution in [3.05, 3.63) is 52.6 Å². The van der Waals surface area contributed by atoms with E-state index in [2.05, 4.69) is 15.3 Å². The zero-order valence-corrected chi connectivity index (χ0v) is 19.7. The number of thiazole rings is 1. The normalized spacial score (nSPS) is 20.9. The van der Waals surface area contributed by atoms with E-state index < -0.39 is 11.5 Å². The first-order valence-electron chi connectivity index (χ1n) is 11.1. The van der Waals surface area contributed by atoms with Crippen molar-refractivity contribution in [1.82, 2.24) is 25.1 Å². The van der Waals surface area contributed by atoms with Crippen LogP contribution in [0.2, 0.25) is 0 Å². The van der Waals surface area contributed by atoms with Gasteiger partial charge in [0.15, 0.2) is 0 Å². The predicted molar refractivity (Wildman–Crippen MR) is 126 cm³/mol. The summed E-state index contributed by atoms with van der Waals surface area (Å²) in [5.41, 5.74) is 2.95. The van der Waals surface area contributed by atoms with Crippen molar-refractivity contribution in [2.75, 3.05) is 13.1 Å². The lowest BCUT2D eigenvalue weighted by Crippen LogP contribution is -2.59. The second-order valence-corrected chi connectivity index (χ2v) is 10.6. The second-order valence-electron chi connectivity index (χ2n) is 9.91. The molecular formula is C24H27N5O3S. The average Bonchev–Trinajstić information content (AvgIpc) is 3.57. The van der Waals surface area contributed by atoms with Crippen LogP contribution in [0.3, 0.4) is 0 Å². The Morgan fingerprint density at radius 1 is 1.15 bits per heavy atom. The fraction of sp³-hybridized carbons (Fsp3) is 0.417. The zero-order valence-electron chi connectivity index (χ0n) is 18.9. The number of aromatic amines is 1. The summed E-state index contributed by atoms with van der Waals surface area (Å²) >= 11 is 1.40. The number of H-pyrrole nitrogens is 1. The van der Waals surface area contributed by atoms with Gasteiger partial charge in [-0.2, -0.15) is 0 Å². The number of carbonyl (C=O) groups is 3. The topological polar surface area (TPSA) is 98.4 Å². The Labute approximate surface area is 196 Å². The number of likely N-dealkylation sites (tertiary alicyclic amines) is 2. The molecule has 172 valence electrons. The number of fused-ring (bicyclic) bond motifs is 3. The van der Waals surface area contributed by atoms with Crippen molar-refractivity contribution in [2.45, 2.75) is 45.3 Å². The number of amides is 3. The molecule has 2 aliphatic heterocycles. The lowest BCUT2D eigenvalue weighted by molar-refractivity contribution is -0.138. The summed E-state index contributed by atoms with van der Waals surface area (Å²) in [7, 11) is 0. The third kappa shape index (κ3) is 3.90. The molecule has 0 aliphatic carbocycles. The molecule has 0 unspecified atom stereocenters. The van der Waals surface area contributed by atoms with E-state index in [0.717, 1.165) is 17.3 Å². The molecule has 2 bridgehead atoms. The molecule has 2 aromatic heterocycles. The van der Waals surface area contributed by atoms with Gasteiger partial charge in [0, 0.05) is 29.4 Å². The van der Waals surface area contributed by atoms with Crippen LogP contribution in [-0.2, 0) is 4.79 Å². The first-order chi connectivity index (χ1) is 15.7. The van der Waals surface area contributed by atoms with Crippen molar-refractivity contribution in [2.24, 2.45) is 5.41 Å². The van der Waals surface area contributed by atoms with E-state index in [-0.39, 0.29) is 29.8 Å². The Morgan fingerprint density at radius 2 is 1.88 bits per heavy atom. The Balaban J connectivity index is 1.30. The Bertz CT molecular complexity index is 1180. The molecule has 2 fully saturated rings. The first-order valence-corrected chi connectivity index (χ1v) is 12.0. The Hall–Kier alpha value is -3.20. The van der Waals surface area contributed by atoms with Gasteiger partial charge in [0.1, 0.15) is 17.4 Å². The van der Waals surface area contributed by atoms with Gasteiger partial charge in [-0.15, -0.1) is 11.3 Å². The molecule has 8 nitrogen and oxygen atoms in total. The number of nitrogens with one attached hydrogen (secondary N) is 2. The highest BCUT2D eigenvalue weighted by molar-refractivity contribution is 7.07. The third-order valence-electron chi connectivity index (χ3n) is 6.60. The van der Waals surface area contributed by atoms with Gasteiger partial charge in [-0.3, -0.25) is 14.4 Å². The highest BCUT2D eigenvalue weighted by Gasteiger charge is 2.50. The highest BCUT2D eigenvalue weighted by Crippen LogP contribution is 2.34. The van der Waals surface area contributed by atoms with Gasteiger partial charge in [-0.25, -0.2) is 4.98 Å². The number of nitrogens with zero attached hydrogens (tertiary/aromatic N) is 3. The Kier molecular flexibility index (Phi) is 5.23. The fourth-order valence-electron chi connectivity index (χ4n) is 4.87. The molecule has 2 aliphatic rings. The molecule has 9 heteroatoms. The molecule has 5 rings (SSSR count). The summed E-state index contributed by atoms with van der Waals surface area (Å²) in [5, 5.41) is 5.68. The van der Waals surface area contributed by atoms with Gasteiger partial charge in [0.2, 0.25) is 5.91 Å². The SMILES string of the molecule is CC(C)(C)[C@H](NC(=O)c1cc2ccccc2[nH]1)C(=O)N1C[C@@H]2C[C@H]1CN2C(=O)c1cscn1. The number of hydrogen-bond donors (Lipinski definition) is 2. The molecule has 3 amide bonds. The van der Waals surface area contributed by atoms with Crippen LogP contribution in [-0.4, -0.2) is 68.7 Å². The molecule has 2 saturated heterocycles. The van der Waals surface area contributed by atoms with Crippen LogP contribution in [0.25, 0.3) is 10.9 Å². The monoisotopic (exact) mass is 465 g/mol. The third-order valence-corrected chi connectivity index (χ3v) is 7.19. The van der Waals surface area contributed by atoms with Crippen molar-refractivity contribution in [3.63, 3.8) is 0 Å². The fourth-order valence-corrected chi connectivity index (χ4v) is 5.40. The van der Waals surface area contributed by atoms with E-state index in [1.54, 1.807) is 17.0 Å². The molecule has 3 atom stereocenters. The maximum atomic E-state index is 13.6. The molecule has 0 radical (unpaired) electrons. The van der Waals surface area contributed by atoms with Crippen LogP contribution in [0, 0.1) is 5.41 Å². The minimum absolute atomic E-state index is 0.0156. The van der Waals surface area contributed by atoms with Gasteiger partial charge in [-0.05, 0) is 24.0 Å². The molecule has 3 aromatic rings.